The molecule has 2 heterocycles. The van der Waals surface area contributed by atoms with Gasteiger partial charge in [-0.2, -0.15) is 4.98 Å². The predicted octanol–water partition coefficient (Wildman–Crippen LogP) is 3.83. The molecule has 3 rings (SSSR count). The van der Waals surface area contributed by atoms with Crippen molar-refractivity contribution < 1.29 is 0 Å². The average Bonchev–Trinajstić information content (AvgIpc) is 2.84. The molecule has 0 atom stereocenters. The predicted molar refractivity (Wildman–Crippen MR) is 86.2 cm³/mol. The van der Waals surface area contributed by atoms with Crippen LogP contribution in [0.5, 0.6) is 0 Å². The molecule has 2 aromatic heterocycles. The van der Waals surface area contributed by atoms with Crippen LogP contribution >= 0.6 is 11.3 Å². The number of aryl methyl sites for hydroxylation is 1. The molecule has 20 heavy (non-hydrogen) atoms. The van der Waals surface area contributed by atoms with Crippen LogP contribution in [-0.4, -0.2) is 16.0 Å². The number of rotatable bonds is 3. The zero-order valence-corrected chi connectivity index (χ0v) is 13.0. The van der Waals surface area contributed by atoms with E-state index in [1.807, 2.05) is 0 Å². The van der Waals surface area contributed by atoms with Crippen molar-refractivity contribution in [3.63, 3.8) is 0 Å². The first-order valence-corrected chi connectivity index (χ1v) is 8.29. The minimum absolute atomic E-state index is 0.369. The van der Waals surface area contributed by atoms with E-state index < -0.39 is 0 Å². The van der Waals surface area contributed by atoms with Gasteiger partial charge in [0.25, 0.3) is 0 Å². The largest absolute Gasteiger partial charge is 0.368 e. The molecule has 3 N–H and O–H groups in total. The van der Waals surface area contributed by atoms with Crippen molar-refractivity contribution in [3.05, 3.63) is 10.9 Å². The molecule has 1 aliphatic rings. The number of nitrogens with zero attached hydrogens (tertiary/aromatic N) is 2. The zero-order valence-electron chi connectivity index (χ0n) is 12.1. The van der Waals surface area contributed by atoms with Crippen molar-refractivity contribution in [2.75, 3.05) is 11.1 Å². The molecule has 0 aromatic carbocycles. The van der Waals surface area contributed by atoms with Gasteiger partial charge >= 0.3 is 0 Å². The monoisotopic (exact) mass is 290 g/mol. The smallest absolute Gasteiger partial charge is 0.223 e. The van der Waals surface area contributed by atoms with E-state index in [4.69, 9.17) is 5.73 Å². The van der Waals surface area contributed by atoms with Crippen molar-refractivity contribution in [1.82, 2.24) is 9.97 Å². The van der Waals surface area contributed by atoms with Crippen molar-refractivity contribution in [2.24, 2.45) is 5.92 Å². The van der Waals surface area contributed by atoms with Crippen LogP contribution in [0.1, 0.15) is 44.4 Å². The third-order valence-corrected chi connectivity index (χ3v) is 5.34. The molecule has 0 radical (unpaired) electrons. The van der Waals surface area contributed by atoms with Crippen molar-refractivity contribution in [1.29, 1.82) is 0 Å². The minimum atomic E-state index is 0.369. The molecule has 0 amide bonds. The third-order valence-electron chi connectivity index (χ3n) is 4.17. The Hall–Kier alpha value is -1.36. The molecular formula is C15H22N4S. The standard InChI is InChI=1S/C15H22N4S/c1-3-11-8-12-13(18-15(16)19-14(12)20-11)17-10-6-4-9(2)5-7-10/h8-10H,3-7H2,1-2H3,(H3,16,17,18,19). The maximum Gasteiger partial charge on any atom is 0.223 e. The Kier molecular flexibility index (Phi) is 3.78. The first-order valence-electron chi connectivity index (χ1n) is 7.48. The van der Waals surface area contributed by atoms with E-state index in [2.05, 4.69) is 35.2 Å². The molecule has 0 unspecified atom stereocenters. The highest BCUT2D eigenvalue weighted by Gasteiger charge is 2.20. The normalized spacial score (nSPS) is 23.1. The Bertz CT molecular complexity index is 599. The van der Waals surface area contributed by atoms with Gasteiger partial charge in [0.1, 0.15) is 10.6 Å². The van der Waals surface area contributed by atoms with E-state index in [9.17, 15) is 0 Å². The number of nitrogens with one attached hydrogen (secondary N) is 1. The molecule has 108 valence electrons. The molecule has 4 nitrogen and oxygen atoms in total. The quantitative estimate of drug-likeness (QED) is 0.902. The summed E-state index contributed by atoms with van der Waals surface area (Å²) in [5.41, 5.74) is 5.85. The maximum absolute atomic E-state index is 5.85. The lowest BCUT2D eigenvalue weighted by molar-refractivity contribution is 0.361. The highest BCUT2D eigenvalue weighted by Crippen LogP contribution is 2.32. The van der Waals surface area contributed by atoms with Crippen LogP contribution in [0.3, 0.4) is 0 Å². The molecule has 2 aromatic rings. The number of anilines is 2. The molecule has 0 saturated heterocycles. The lowest BCUT2D eigenvalue weighted by atomic mass is 9.87. The number of hydrogen-bond acceptors (Lipinski definition) is 5. The van der Waals surface area contributed by atoms with Gasteiger partial charge in [-0.25, -0.2) is 4.98 Å². The lowest BCUT2D eigenvalue weighted by Crippen LogP contribution is -2.25. The fraction of sp³-hybridized carbons (Fsp3) is 0.600. The van der Waals surface area contributed by atoms with Crippen molar-refractivity contribution in [3.8, 4) is 0 Å². The molecule has 0 spiro atoms. The van der Waals surface area contributed by atoms with Crippen molar-refractivity contribution >= 4 is 33.3 Å². The summed E-state index contributed by atoms with van der Waals surface area (Å²) in [6, 6.07) is 2.72. The second kappa shape index (κ2) is 5.56. The number of fused-ring (bicyclic) bond motifs is 1. The summed E-state index contributed by atoms with van der Waals surface area (Å²) in [6.07, 6.45) is 6.06. The van der Waals surface area contributed by atoms with E-state index in [1.165, 1.54) is 30.6 Å². The Labute approximate surface area is 123 Å². The Morgan fingerprint density at radius 1 is 1.30 bits per heavy atom. The van der Waals surface area contributed by atoms with Gasteiger partial charge in [0, 0.05) is 10.9 Å². The molecule has 0 aliphatic heterocycles. The Morgan fingerprint density at radius 3 is 2.75 bits per heavy atom. The topological polar surface area (TPSA) is 63.8 Å². The minimum Gasteiger partial charge on any atom is -0.368 e. The van der Waals surface area contributed by atoms with E-state index in [-0.39, 0.29) is 0 Å². The molecule has 1 saturated carbocycles. The van der Waals surface area contributed by atoms with Crippen LogP contribution in [-0.2, 0) is 6.42 Å². The zero-order chi connectivity index (χ0) is 14.1. The molecular weight excluding hydrogens is 268 g/mol. The van der Waals surface area contributed by atoms with Crippen LogP contribution in [0.4, 0.5) is 11.8 Å². The number of hydrogen-bond donors (Lipinski definition) is 2. The molecule has 5 heteroatoms. The number of nitrogen functional groups attached to an aromatic ring is 1. The SMILES string of the molecule is CCc1cc2c(NC3CCC(C)CC3)nc(N)nc2s1. The first-order chi connectivity index (χ1) is 9.65. The summed E-state index contributed by atoms with van der Waals surface area (Å²) in [5, 5.41) is 4.72. The van der Waals surface area contributed by atoms with Crippen LogP contribution in [0.25, 0.3) is 10.2 Å². The third kappa shape index (κ3) is 2.73. The fourth-order valence-corrected chi connectivity index (χ4v) is 3.84. The number of aromatic nitrogens is 2. The van der Waals surface area contributed by atoms with E-state index >= 15 is 0 Å². The summed E-state index contributed by atoms with van der Waals surface area (Å²) >= 11 is 1.72. The van der Waals surface area contributed by atoms with Crippen LogP contribution in [0.15, 0.2) is 6.07 Å². The second-order valence-electron chi connectivity index (χ2n) is 5.82. The van der Waals surface area contributed by atoms with Crippen molar-refractivity contribution in [2.45, 2.75) is 52.0 Å². The average molecular weight is 290 g/mol. The maximum atomic E-state index is 5.85. The van der Waals surface area contributed by atoms with E-state index in [1.54, 1.807) is 11.3 Å². The van der Waals surface area contributed by atoms with Gasteiger partial charge in [-0.3, -0.25) is 0 Å². The van der Waals surface area contributed by atoms with Gasteiger partial charge < -0.3 is 11.1 Å². The van der Waals surface area contributed by atoms with E-state index in [0.717, 1.165) is 28.4 Å². The van der Waals surface area contributed by atoms with Crippen LogP contribution in [0, 0.1) is 5.92 Å². The van der Waals surface area contributed by atoms with E-state index in [0.29, 0.717) is 12.0 Å². The van der Waals surface area contributed by atoms with Crippen LogP contribution in [0.2, 0.25) is 0 Å². The number of thiophene rings is 1. The highest BCUT2D eigenvalue weighted by atomic mass is 32.1. The lowest BCUT2D eigenvalue weighted by Gasteiger charge is -2.27. The Morgan fingerprint density at radius 2 is 2.05 bits per heavy atom. The first kappa shape index (κ1) is 13.6. The fourth-order valence-electron chi connectivity index (χ4n) is 2.87. The van der Waals surface area contributed by atoms with Gasteiger partial charge in [0.05, 0.1) is 5.39 Å². The van der Waals surface area contributed by atoms with Gasteiger partial charge in [-0.1, -0.05) is 13.8 Å². The summed E-state index contributed by atoms with van der Waals surface area (Å²) in [4.78, 5) is 11.1. The Balaban J connectivity index is 1.88. The van der Waals surface area contributed by atoms with Gasteiger partial charge in [-0.15, -0.1) is 11.3 Å². The summed E-state index contributed by atoms with van der Waals surface area (Å²) < 4.78 is 0. The van der Waals surface area contributed by atoms with Gasteiger partial charge in [0.2, 0.25) is 5.95 Å². The number of nitrogens with two attached hydrogens (primary N) is 1. The summed E-state index contributed by atoms with van der Waals surface area (Å²) in [6.45, 7) is 4.50. The second-order valence-corrected chi connectivity index (χ2v) is 6.93. The molecule has 1 fully saturated rings. The molecule has 1 aliphatic carbocycles. The van der Waals surface area contributed by atoms with Gasteiger partial charge in [-0.05, 0) is 44.1 Å². The molecule has 0 bridgehead atoms. The summed E-state index contributed by atoms with van der Waals surface area (Å²) in [5.74, 6) is 2.15. The summed E-state index contributed by atoms with van der Waals surface area (Å²) in [7, 11) is 0. The van der Waals surface area contributed by atoms with Gasteiger partial charge in [0.15, 0.2) is 0 Å². The van der Waals surface area contributed by atoms with Crippen LogP contribution < -0.4 is 11.1 Å². The highest BCUT2D eigenvalue weighted by molar-refractivity contribution is 7.18.